The van der Waals surface area contributed by atoms with Crippen molar-refractivity contribution in [2.75, 3.05) is 6.54 Å². The van der Waals surface area contributed by atoms with Gasteiger partial charge in [0, 0.05) is 16.6 Å². The van der Waals surface area contributed by atoms with Crippen molar-refractivity contribution in [1.29, 1.82) is 0 Å². The van der Waals surface area contributed by atoms with Gasteiger partial charge in [-0.05, 0) is 24.6 Å². The van der Waals surface area contributed by atoms with Gasteiger partial charge in [0.25, 0.3) is 5.91 Å². The number of aromatic hydroxyl groups is 1. The fraction of sp³-hybridized carbons (Fsp3) is 0.231. The summed E-state index contributed by atoms with van der Waals surface area (Å²) in [6.07, 6.45) is 2.09. The van der Waals surface area contributed by atoms with Crippen molar-refractivity contribution in [2.45, 2.75) is 13.3 Å². The maximum atomic E-state index is 12.0. The van der Waals surface area contributed by atoms with Crippen LogP contribution in [0.25, 0.3) is 6.08 Å². The van der Waals surface area contributed by atoms with E-state index in [9.17, 15) is 14.7 Å². The van der Waals surface area contributed by atoms with Crippen molar-refractivity contribution < 1.29 is 14.7 Å². The molecule has 106 valence electrons. The molecule has 0 bridgehead atoms. The highest BCUT2D eigenvalue weighted by atomic mass is 79.9. The molecule has 2 rings (SSSR count). The van der Waals surface area contributed by atoms with E-state index in [-0.39, 0.29) is 16.5 Å². The van der Waals surface area contributed by atoms with Crippen molar-refractivity contribution in [3.8, 4) is 5.75 Å². The Morgan fingerprint density at radius 2 is 2.15 bits per heavy atom. The Hall–Kier alpha value is -1.53. The normalized spacial score (nSPS) is 16.9. The van der Waals surface area contributed by atoms with Crippen molar-refractivity contribution >= 4 is 45.5 Å². The number of halogens is 2. The van der Waals surface area contributed by atoms with Crippen molar-refractivity contribution in [2.24, 2.45) is 0 Å². The average molecular weight is 360 g/mol. The van der Waals surface area contributed by atoms with Gasteiger partial charge in [-0.3, -0.25) is 9.69 Å². The highest BCUT2D eigenvalue weighted by molar-refractivity contribution is 9.10. The van der Waals surface area contributed by atoms with Gasteiger partial charge in [-0.1, -0.05) is 34.5 Å². The summed E-state index contributed by atoms with van der Waals surface area (Å²) in [7, 11) is 0. The molecule has 0 atom stereocenters. The molecule has 1 aliphatic heterocycles. The zero-order valence-corrected chi connectivity index (χ0v) is 13.0. The molecule has 0 aromatic heterocycles. The third-order valence-corrected chi connectivity index (χ3v) is 3.51. The van der Waals surface area contributed by atoms with E-state index < -0.39 is 11.9 Å². The van der Waals surface area contributed by atoms with Crippen LogP contribution in [0.4, 0.5) is 4.79 Å². The summed E-state index contributed by atoms with van der Waals surface area (Å²) in [4.78, 5) is 24.8. The van der Waals surface area contributed by atoms with Gasteiger partial charge < -0.3 is 10.4 Å². The molecule has 1 fully saturated rings. The molecule has 1 aromatic carbocycles. The van der Waals surface area contributed by atoms with Crippen LogP contribution in [0.3, 0.4) is 0 Å². The Bertz CT molecular complexity index is 616. The second kappa shape index (κ2) is 5.85. The number of hydrogen-bond donors (Lipinski definition) is 2. The third-order valence-electron chi connectivity index (χ3n) is 2.77. The van der Waals surface area contributed by atoms with E-state index in [1.54, 1.807) is 6.07 Å². The predicted molar refractivity (Wildman–Crippen MR) is 79.3 cm³/mol. The Morgan fingerprint density at radius 3 is 2.80 bits per heavy atom. The minimum absolute atomic E-state index is 0.118. The van der Waals surface area contributed by atoms with E-state index in [2.05, 4.69) is 21.2 Å². The number of benzene rings is 1. The minimum Gasteiger partial charge on any atom is -0.506 e. The van der Waals surface area contributed by atoms with Gasteiger partial charge in [0.15, 0.2) is 0 Å². The fourth-order valence-electron chi connectivity index (χ4n) is 1.85. The van der Waals surface area contributed by atoms with Crippen LogP contribution in [0.15, 0.2) is 22.3 Å². The van der Waals surface area contributed by atoms with Crippen LogP contribution >= 0.6 is 27.5 Å². The Balaban J connectivity index is 2.38. The first-order valence-corrected chi connectivity index (χ1v) is 7.13. The van der Waals surface area contributed by atoms with Crippen LogP contribution < -0.4 is 5.32 Å². The van der Waals surface area contributed by atoms with Crippen molar-refractivity contribution in [1.82, 2.24) is 10.2 Å². The average Bonchev–Trinajstić information content (AvgIpc) is 2.63. The number of nitrogens with one attached hydrogen (secondary N) is 1. The molecule has 1 aromatic rings. The van der Waals surface area contributed by atoms with E-state index >= 15 is 0 Å². The highest BCUT2D eigenvalue weighted by Gasteiger charge is 2.32. The van der Waals surface area contributed by atoms with Crippen LogP contribution in [0.2, 0.25) is 5.02 Å². The number of urea groups is 1. The number of nitrogens with zero attached hydrogens (tertiary/aromatic N) is 1. The maximum absolute atomic E-state index is 12.0. The van der Waals surface area contributed by atoms with Crippen LogP contribution in [-0.2, 0) is 4.79 Å². The second-order valence-electron chi connectivity index (χ2n) is 4.27. The molecule has 1 heterocycles. The molecule has 20 heavy (non-hydrogen) atoms. The van der Waals surface area contributed by atoms with E-state index in [4.69, 9.17) is 11.6 Å². The molecule has 0 saturated carbocycles. The number of carbonyl (C=O) groups excluding carboxylic acids is 2. The topological polar surface area (TPSA) is 69.6 Å². The SMILES string of the molecule is CCCN1C(=O)N/C(=C\c2cc(Br)cc(Cl)c2O)C1=O. The largest absolute Gasteiger partial charge is 0.506 e. The van der Waals surface area contributed by atoms with Crippen molar-refractivity contribution in [3.63, 3.8) is 0 Å². The third kappa shape index (κ3) is 2.81. The lowest BCUT2D eigenvalue weighted by molar-refractivity contribution is -0.122. The van der Waals surface area contributed by atoms with Gasteiger partial charge in [0.05, 0.1) is 5.02 Å². The van der Waals surface area contributed by atoms with E-state index in [1.807, 2.05) is 6.92 Å². The first-order chi connectivity index (χ1) is 9.43. The van der Waals surface area contributed by atoms with Crippen LogP contribution in [0.5, 0.6) is 5.75 Å². The molecule has 0 unspecified atom stereocenters. The number of hydrogen-bond acceptors (Lipinski definition) is 3. The summed E-state index contributed by atoms with van der Waals surface area (Å²) in [6, 6.07) is 2.69. The van der Waals surface area contributed by atoms with Crippen molar-refractivity contribution in [3.05, 3.63) is 32.9 Å². The number of rotatable bonds is 3. The zero-order chi connectivity index (χ0) is 14.9. The summed E-state index contributed by atoms with van der Waals surface area (Å²) < 4.78 is 0.661. The van der Waals surface area contributed by atoms with Gasteiger partial charge >= 0.3 is 6.03 Å². The molecule has 1 aliphatic rings. The quantitative estimate of drug-likeness (QED) is 0.643. The monoisotopic (exact) mass is 358 g/mol. The van der Waals surface area contributed by atoms with Gasteiger partial charge in [0.1, 0.15) is 11.4 Å². The fourth-order valence-corrected chi connectivity index (χ4v) is 2.68. The summed E-state index contributed by atoms with van der Waals surface area (Å²) in [5.74, 6) is -0.550. The Morgan fingerprint density at radius 1 is 1.45 bits per heavy atom. The minimum atomic E-state index is -0.455. The van der Waals surface area contributed by atoms with E-state index in [0.717, 1.165) is 4.90 Å². The Kier molecular flexibility index (Phi) is 4.35. The lowest BCUT2D eigenvalue weighted by atomic mass is 10.1. The molecule has 2 N–H and O–H groups in total. The van der Waals surface area contributed by atoms with E-state index in [0.29, 0.717) is 23.0 Å². The van der Waals surface area contributed by atoms with E-state index in [1.165, 1.54) is 12.1 Å². The molecule has 0 aliphatic carbocycles. The number of imide groups is 1. The molecule has 7 heteroatoms. The standard InChI is InChI=1S/C13H12BrClN2O3/c1-2-3-17-12(19)10(16-13(17)20)5-7-4-8(14)6-9(15)11(7)18/h4-6,18H,2-3H2,1H3,(H,16,20)/b10-5-. The first-order valence-electron chi connectivity index (χ1n) is 5.96. The summed E-state index contributed by atoms with van der Waals surface area (Å²) in [5.41, 5.74) is 0.472. The van der Waals surface area contributed by atoms with Crippen LogP contribution in [0.1, 0.15) is 18.9 Å². The molecule has 0 radical (unpaired) electrons. The second-order valence-corrected chi connectivity index (χ2v) is 5.59. The predicted octanol–water partition coefficient (Wildman–Crippen LogP) is 3.11. The number of amides is 3. The molecular weight excluding hydrogens is 348 g/mol. The zero-order valence-electron chi connectivity index (χ0n) is 10.6. The maximum Gasteiger partial charge on any atom is 0.329 e. The molecule has 1 saturated heterocycles. The molecule has 0 spiro atoms. The molecule has 3 amide bonds. The van der Waals surface area contributed by atoms with Gasteiger partial charge in [0.2, 0.25) is 0 Å². The molecular formula is C13H12BrClN2O3. The smallest absolute Gasteiger partial charge is 0.329 e. The van der Waals surface area contributed by atoms with Gasteiger partial charge in [-0.15, -0.1) is 0 Å². The summed E-state index contributed by atoms with van der Waals surface area (Å²) in [5, 5.41) is 12.5. The van der Waals surface area contributed by atoms with Gasteiger partial charge in [-0.2, -0.15) is 0 Å². The summed E-state index contributed by atoms with van der Waals surface area (Å²) >= 11 is 9.11. The number of phenolic OH excluding ortho intramolecular Hbond substituents is 1. The van der Waals surface area contributed by atoms with Crippen LogP contribution in [-0.4, -0.2) is 28.5 Å². The number of carbonyl (C=O) groups is 2. The Labute approximate surface area is 129 Å². The lowest BCUT2D eigenvalue weighted by Gasteiger charge is -2.08. The number of phenols is 1. The lowest BCUT2D eigenvalue weighted by Crippen LogP contribution is -2.31. The van der Waals surface area contributed by atoms with Crippen LogP contribution in [0, 0.1) is 0 Å². The highest BCUT2D eigenvalue weighted by Crippen LogP contribution is 2.33. The molecule has 5 nitrogen and oxygen atoms in total. The summed E-state index contributed by atoms with van der Waals surface area (Å²) in [6.45, 7) is 2.23. The first kappa shape index (κ1) is 14.9. The van der Waals surface area contributed by atoms with Gasteiger partial charge in [-0.25, -0.2) is 4.79 Å².